The van der Waals surface area contributed by atoms with Gasteiger partial charge in [0.05, 0.1) is 11.4 Å². The fourth-order valence-corrected chi connectivity index (χ4v) is 1.95. The molecule has 0 aromatic heterocycles. The van der Waals surface area contributed by atoms with Crippen molar-refractivity contribution < 1.29 is 4.79 Å². The van der Waals surface area contributed by atoms with Crippen LogP contribution in [0.2, 0.25) is 5.02 Å². The van der Waals surface area contributed by atoms with Crippen LogP contribution in [-0.4, -0.2) is 11.6 Å². The maximum atomic E-state index is 11.2. The lowest BCUT2D eigenvalue weighted by Gasteiger charge is -2.11. The summed E-state index contributed by atoms with van der Waals surface area (Å²) in [6.45, 7) is 1.44. The van der Waals surface area contributed by atoms with Crippen molar-refractivity contribution in [3.63, 3.8) is 0 Å². The third-order valence-electron chi connectivity index (χ3n) is 2.62. The van der Waals surface area contributed by atoms with Gasteiger partial charge in [0.25, 0.3) is 0 Å². The molecule has 1 amide bonds. The Morgan fingerprint density at radius 2 is 1.84 bits per heavy atom. The van der Waals surface area contributed by atoms with Crippen LogP contribution in [0.1, 0.15) is 18.1 Å². The summed E-state index contributed by atoms with van der Waals surface area (Å²) in [6.07, 6.45) is 0. The standard InChI is InChI=1S/C15H13ClN2O/c1-10(19)18-14-8-7-12(16)9-13(14)15(17)11-5-3-2-4-6-11/h2-9,17H,1H3,(H,18,19). The lowest BCUT2D eigenvalue weighted by Crippen LogP contribution is -2.11. The number of nitrogens with one attached hydrogen (secondary N) is 2. The quantitative estimate of drug-likeness (QED) is 0.822. The molecule has 96 valence electrons. The van der Waals surface area contributed by atoms with Gasteiger partial charge >= 0.3 is 0 Å². The van der Waals surface area contributed by atoms with Crippen molar-refractivity contribution >= 4 is 28.9 Å². The molecule has 2 aromatic rings. The van der Waals surface area contributed by atoms with Crippen molar-refractivity contribution in [1.82, 2.24) is 0 Å². The summed E-state index contributed by atoms with van der Waals surface area (Å²) in [7, 11) is 0. The molecule has 3 nitrogen and oxygen atoms in total. The number of benzene rings is 2. The van der Waals surface area contributed by atoms with Gasteiger partial charge in [0.15, 0.2) is 0 Å². The number of carbonyl (C=O) groups is 1. The van der Waals surface area contributed by atoms with E-state index < -0.39 is 0 Å². The second kappa shape index (κ2) is 5.67. The van der Waals surface area contributed by atoms with Gasteiger partial charge in [-0.3, -0.25) is 10.2 Å². The molecule has 0 spiro atoms. The SMILES string of the molecule is CC(=O)Nc1ccc(Cl)cc1C(=N)c1ccccc1. The maximum Gasteiger partial charge on any atom is 0.221 e. The Morgan fingerprint density at radius 3 is 2.47 bits per heavy atom. The summed E-state index contributed by atoms with van der Waals surface area (Å²) in [5.74, 6) is -0.176. The summed E-state index contributed by atoms with van der Waals surface area (Å²) < 4.78 is 0. The topological polar surface area (TPSA) is 53.0 Å². The molecule has 0 aliphatic rings. The largest absolute Gasteiger partial charge is 0.326 e. The lowest BCUT2D eigenvalue weighted by molar-refractivity contribution is -0.114. The average molecular weight is 273 g/mol. The van der Waals surface area contributed by atoms with E-state index in [9.17, 15) is 4.79 Å². The summed E-state index contributed by atoms with van der Waals surface area (Å²) in [5.41, 5.74) is 2.29. The Hall–Kier alpha value is -2.13. The second-order valence-corrected chi connectivity index (χ2v) is 4.55. The van der Waals surface area contributed by atoms with Gasteiger partial charge < -0.3 is 5.32 Å². The van der Waals surface area contributed by atoms with Crippen molar-refractivity contribution in [2.24, 2.45) is 0 Å². The van der Waals surface area contributed by atoms with E-state index in [0.29, 0.717) is 22.0 Å². The molecule has 0 aliphatic carbocycles. The summed E-state index contributed by atoms with van der Waals surface area (Å²) in [6, 6.07) is 14.4. The van der Waals surface area contributed by atoms with Crippen LogP contribution in [-0.2, 0) is 4.79 Å². The van der Waals surface area contributed by atoms with Crippen LogP contribution in [0.15, 0.2) is 48.5 Å². The van der Waals surface area contributed by atoms with E-state index >= 15 is 0 Å². The number of rotatable bonds is 3. The molecule has 2 N–H and O–H groups in total. The molecule has 0 saturated heterocycles. The molecule has 0 atom stereocenters. The van der Waals surface area contributed by atoms with E-state index in [0.717, 1.165) is 5.56 Å². The third-order valence-corrected chi connectivity index (χ3v) is 2.86. The molecule has 4 heteroatoms. The van der Waals surface area contributed by atoms with Gasteiger partial charge in [-0.2, -0.15) is 0 Å². The summed E-state index contributed by atoms with van der Waals surface area (Å²) in [5, 5.41) is 11.5. The smallest absolute Gasteiger partial charge is 0.221 e. The van der Waals surface area contributed by atoms with Crippen molar-refractivity contribution in [1.29, 1.82) is 5.41 Å². The first kappa shape index (κ1) is 13.3. The van der Waals surface area contributed by atoms with E-state index in [1.165, 1.54) is 6.92 Å². The predicted molar refractivity (Wildman–Crippen MR) is 78.1 cm³/mol. The molecular formula is C15H13ClN2O. The Bertz CT molecular complexity index is 623. The van der Waals surface area contributed by atoms with Crippen LogP contribution in [0.4, 0.5) is 5.69 Å². The molecule has 0 fully saturated rings. The average Bonchev–Trinajstić information content (AvgIpc) is 2.40. The first-order chi connectivity index (χ1) is 9.08. The van der Waals surface area contributed by atoms with E-state index in [4.69, 9.17) is 17.0 Å². The molecule has 19 heavy (non-hydrogen) atoms. The number of hydrogen-bond acceptors (Lipinski definition) is 2. The Balaban J connectivity index is 2.45. The van der Waals surface area contributed by atoms with Crippen LogP contribution < -0.4 is 5.32 Å². The van der Waals surface area contributed by atoms with Crippen molar-refractivity contribution in [3.8, 4) is 0 Å². The molecule has 0 unspecified atom stereocenters. The fourth-order valence-electron chi connectivity index (χ4n) is 1.78. The zero-order valence-corrected chi connectivity index (χ0v) is 11.2. The number of hydrogen-bond donors (Lipinski definition) is 2. The van der Waals surface area contributed by atoms with Gasteiger partial charge in [-0.05, 0) is 18.2 Å². The van der Waals surface area contributed by atoms with Gasteiger partial charge in [-0.15, -0.1) is 0 Å². The first-order valence-corrected chi connectivity index (χ1v) is 6.17. The van der Waals surface area contributed by atoms with E-state index in [2.05, 4.69) is 5.32 Å². The number of carbonyl (C=O) groups excluding carboxylic acids is 1. The Labute approximate surface area is 116 Å². The minimum Gasteiger partial charge on any atom is -0.326 e. The lowest BCUT2D eigenvalue weighted by atomic mass is 10.0. The van der Waals surface area contributed by atoms with Crippen LogP contribution in [0.25, 0.3) is 0 Å². The highest BCUT2D eigenvalue weighted by Gasteiger charge is 2.11. The van der Waals surface area contributed by atoms with Crippen LogP contribution >= 0.6 is 11.6 Å². The van der Waals surface area contributed by atoms with Gasteiger partial charge in [0.1, 0.15) is 0 Å². The number of anilines is 1. The van der Waals surface area contributed by atoms with Crippen LogP contribution in [0.3, 0.4) is 0 Å². The van der Waals surface area contributed by atoms with E-state index in [-0.39, 0.29) is 5.91 Å². The minimum atomic E-state index is -0.176. The third kappa shape index (κ3) is 3.20. The highest BCUT2D eigenvalue weighted by molar-refractivity contribution is 6.31. The normalized spacial score (nSPS) is 10.0. The van der Waals surface area contributed by atoms with Gasteiger partial charge in [0, 0.05) is 23.1 Å². The molecular weight excluding hydrogens is 260 g/mol. The fraction of sp³-hybridized carbons (Fsp3) is 0.0667. The van der Waals surface area contributed by atoms with Crippen molar-refractivity contribution in [3.05, 3.63) is 64.7 Å². The van der Waals surface area contributed by atoms with E-state index in [1.807, 2.05) is 30.3 Å². The molecule has 2 rings (SSSR count). The van der Waals surface area contributed by atoms with Gasteiger partial charge in [-0.25, -0.2) is 0 Å². The summed E-state index contributed by atoms with van der Waals surface area (Å²) >= 11 is 5.98. The zero-order valence-electron chi connectivity index (χ0n) is 10.4. The van der Waals surface area contributed by atoms with Gasteiger partial charge in [0.2, 0.25) is 5.91 Å². The van der Waals surface area contributed by atoms with Crippen molar-refractivity contribution in [2.75, 3.05) is 5.32 Å². The number of amides is 1. The summed E-state index contributed by atoms with van der Waals surface area (Å²) in [4.78, 5) is 11.2. The monoisotopic (exact) mass is 272 g/mol. The van der Waals surface area contributed by atoms with E-state index in [1.54, 1.807) is 18.2 Å². The molecule has 0 bridgehead atoms. The highest BCUT2D eigenvalue weighted by atomic mass is 35.5. The van der Waals surface area contributed by atoms with Crippen LogP contribution in [0.5, 0.6) is 0 Å². The highest BCUT2D eigenvalue weighted by Crippen LogP contribution is 2.23. The van der Waals surface area contributed by atoms with Gasteiger partial charge in [-0.1, -0.05) is 41.9 Å². The zero-order chi connectivity index (χ0) is 13.8. The molecule has 0 saturated carbocycles. The predicted octanol–water partition coefficient (Wildman–Crippen LogP) is 3.71. The molecule has 0 heterocycles. The number of halogens is 1. The molecule has 0 aliphatic heterocycles. The second-order valence-electron chi connectivity index (χ2n) is 4.11. The van der Waals surface area contributed by atoms with Crippen LogP contribution in [0, 0.1) is 5.41 Å². The van der Waals surface area contributed by atoms with Crippen molar-refractivity contribution in [2.45, 2.75) is 6.92 Å². The minimum absolute atomic E-state index is 0.176. The Morgan fingerprint density at radius 1 is 1.16 bits per heavy atom. The molecule has 2 aromatic carbocycles. The maximum absolute atomic E-state index is 11.2. The Kier molecular flexibility index (Phi) is 3.97. The molecule has 0 radical (unpaired) electrons. The first-order valence-electron chi connectivity index (χ1n) is 5.79.